The van der Waals surface area contributed by atoms with E-state index in [2.05, 4.69) is 18.4 Å². The Bertz CT molecular complexity index is 994. The third kappa shape index (κ3) is 40.5. The zero-order valence-corrected chi connectivity index (χ0v) is 39.8. The summed E-state index contributed by atoms with van der Waals surface area (Å²) < 4.78 is 52.6. The van der Waals surface area contributed by atoms with E-state index in [1.165, 1.54) is 12.2 Å². The standard InChI is InChI=1S/C33H58F2NO5.C12H20F.U/c1-5-6-17-25-33(34,35)26-24-29(2)40-31(38)22-16-12-9-11-15-21-30(20-14-10-7-8-13-18-28-37)41-32(39)23-19-27-36(3)4;1-4-7-9-11-12(13,6-3)10-8-5-2;/h24,26,29-30H,5-23,25,27H2,1-4H3;5-6,8,10H,3-4,7,9,11H2,1-2H3;/q2*-1;+2/b26-24-;10-8-;. The number of nitrogens with zero attached hydrogens (tertiary/aromatic N) is 1. The molecular weight excluding hydrogens is 930 g/mol. The van der Waals surface area contributed by atoms with Crippen LogP contribution >= 0.6 is 0 Å². The number of allylic oxidation sites excluding steroid dienone is 4. The third-order valence-electron chi connectivity index (χ3n) is 9.11. The first-order valence-corrected chi connectivity index (χ1v) is 21.0. The third-order valence-corrected chi connectivity index (χ3v) is 9.11. The average Bonchev–Trinajstić information content (AvgIpc) is 3.12. The smallest absolute Gasteiger partial charge is 0.542 e. The van der Waals surface area contributed by atoms with E-state index in [0.29, 0.717) is 32.1 Å². The quantitative estimate of drug-likeness (QED) is 0.0273. The van der Waals surface area contributed by atoms with Crippen molar-refractivity contribution in [2.75, 3.05) is 20.6 Å². The Morgan fingerprint density at radius 3 is 1.84 bits per heavy atom. The van der Waals surface area contributed by atoms with Gasteiger partial charge in [-0.2, -0.15) is 12.5 Å². The predicted octanol–water partition coefficient (Wildman–Crippen LogP) is 12.8. The molecule has 0 aliphatic carbocycles. The maximum Gasteiger partial charge on any atom is 2.00 e. The number of hydrogen-bond acceptors (Lipinski definition) is 6. The molecule has 0 amide bonds. The Morgan fingerprint density at radius 2 is 1.29 bits per heavy atom. The van der Waals surface area contributed by atoms with Crippen LogP contribution in [0.4, 0.5) is 13.2 Å². The summed E-state index contributed by atoms with van der Waals surface area (Å²) in [5.41, 5.74) is -1.30. The van der Waals surface area contributed by atoms with Crippen LogP contribution in [0.3, 0.4) is 0 Å². The number of carbonyl (C=O) groups is 2. The average molecular weight is 1010 g/mol. The van der Waals surface area contributed by atoms with Crippen LogP contribution in [0.15, 0.2) is 37.0 Å². The molecule has 55 heavy (non-hydrogen) atoms. The van der Waals surface area contributed by atoms with Gasteiger partial charge in [0.1, 0.15) is 12.2 Å². The summed E-state index contributed by atoms with van der Waals surface area (Å²) in [4.78, 5) is 36.8. The van der Waals surface area contributed by atoms with Crippen LogP contribution in [0.25, 0.3) is 0 Å². The molecule has 0 fully saturated rings. The van der Waals surface area contributed by atoms with Crippen LogP contribution in [-0.2, 0) is 23.9 Å². The van der Waals surface area contributed by atoms with Crippen LogP contribution in [-0.4, -0.2) is 67.6 Å². The minimum Gasteiger partial charge on any atom is -0.542 e. The molecule has 0 rings (SSSR count). The molecule has 0 N–H and O–H groups in total. The van der Waals surface area contributed by atoms with Gasteiger partial charge in [0, 0.05) is 19.3 Å². The van der Waals surface area contributed by atoms with Crippen LogP contribution in [0.2, 0.25) is 0 Å². The molecule has 0 bridgehead atoms. The minimum atomic E-state index is -2.87. The number of hydrogen-bond donors (Lipinski definition) is 0. The van der Waals surface area contributed by atoms with Gasteiger partial charge in [0.2, 0.25) is 0 Å². The number of carbonyl (C=O) groups excluding carboxylic acids is 3. The van der Waals surface area contributed by atoms with E-state index in [4.69, 9.17) is 9.47 Å². The molecule has 318 valence electrons. The van der Waals surface area contributed by atoms with Crippen molar-refractivity contribution in [2.24, 2.45) is 0 Å². The van der Waals surface area contributed by atoms with Gasteiger partial charge in [0.05, 0.1) is 5.67 Å². The van der Waals surface area contributed by atoms with Gasteiger partial charge in [-0.15, -0.1) is 13.5 Å². The maximum absolute atomic E-state index is 13.8. The van der Waals surface area contributed by atoms with Crippen LogP contribution in [0.5, 0.6) is 0 Å². The largest absolute Gasteiger partial charge is 2.00 e. The van der Waals surface area contributed by atoms with Gasteiger partial charge in [0.25, 0.3) is 5.92 Å². The van der Waals surface area contributed by atoms with Gasteiger partial charge in [-0.25, -0.2) is 21.3 Å². The maximum atomic E-state index is 13.8. The van der Waals surface area contributed by atoms with Crippen LogP contribution in [0.1, 0.15) is 182 Å². The molecule has 0 aliphatic rings. The van der Waals surface area contributed by atoms with Gasteiger partial charge in [0.15, 0.2) is 0 Å². The molecule has 6 nitrogen and oxygen atoms in total. The van der Waals surface area contributed by atoms with Gasteiger partial charge in [-0.3, -0.25) is 20.3 Å². The summed E-state index contributed by atoms with van der Waals surface area (Å²) in [6.07, 6.45) is 28.9. The Balaban J connectivity index is -0.00000163. The Hall–Kier alpha value is -1.50. The molecule has 0 saturated heterocycles. The molecule has 0 heterocycles. The van der Waals surface area contributed by atoms with Crippen molar-refractivity contribution in [2.45, 2.75) is 206 Å². The molecule has 0 spiro atoms. The van der Waals surface area contributed by atoms with Crippen molar-refractivity contribution in [3.05, 3.63) is 43.4 Å². The van der Waals surface area contributed by atoms with E-state index in [1.807, 2.05) is 40.6 Å². The molecule has 10 heteroatoms. The normalized spacial score (nSPS) is 13.7. The summed E-state index contributed by atoms with van der Waals surface area (Å²) in [5, 5.41) is 0. The fourth-order valence-corrected chi connectivity index (χ4v) is 5.75. The fourth-order valence-electron chi connectivity index (χ4n) is 5.75. The van der Waals surface area contributed by atoms with Gasteiger partial charge >= 0.3 is 43.1 Å². The zero-order valence-electron chi connectivity index (χ0n) is 35.6. The second-order valence-electron chi connectivity index (χ2n) is 14.8. The zero-order chi connectivity index (χ0) is 40.9. The fraction of sp³-hybridized carbons (Fsp3) is 0.778. The molecule has 0 radical (unpaired) electrons. The monoisotopic (exact) mass is 1010 g/mol. The topological polar surface area (TPSA) is 72.9 Å². The molecule has 0 aromatic rings. The molecule has 0 aliphatic heterocycles. The van der Waals surface area contributed by atoms with E-state index in [0.717, 1.165) is 122 Å². The van der Waals surface area contributed by atoms with Crippen LogP contribution < -0.4 is 0 Å². The summed E-state index contributed by atoms with van der Waals surface area (Å²) in [6, 6.07) is 0. The van der Waals surface area contributed by atoms with E-state index < -0.39 is 17.7 Å². The first kappa shape index (κ1) is 57.8. The summed E-state index contributed by atoms with van der Waals surface area (Å²) >= 11 is 0. The first-order chi connectivity index (χ1) is 25.8. The second-order valence-corrected chi connectivity index (χ2v) is 14.8. The number of rotatable bonds is 35. The second kappa shape index (κ2) is 39.3. The molecular formula is C45H78F3NO5U. The summed E-state index contributed by atoms with van der Waals surface area (Å²) in [6.45, 7) is 12.0. The van der Waals surface area contributed by atoms with Crippen molar-refractivity contribution in [3.63, 3.8) is 0 Å². The minimum absolute atomic E-state index is 0. The number of ether oxygens (including phenoxy) is 2. The summed E-state index contributed by atoms with van der Waals surface area (Å²) in [7, 11) is 3.98. The van der Waals surface area contributed by atoms with Crippen molar-refractivity contribution < 1.29 is 68.1 Å². The first-order valence-electron chi connectivity index (χ1n) is 21.0. The van der Waals surface area contributed by atoms with Crippen LogP contribution in [0, 0.1) is 37.5 Å². The predicted molar refractivity (Wildman–Crippen MR) is 219 cm³/mol. The SMILES string of the molecule is C=CC(F)(/C=C\[CH-]C)CCCCC.CCCCCC(F)(F)/C=C\C(C)OC(=O)CCCCCCCC(CCCCCCC[C-]=O)OC(=O)CCCN(C)C.[U+2]. The summed E-state index contributed by atoms with van der Waals surface area (Å²) in [5.74, 6) is -3.35. The molecule has 0 aromatic carbocycles. The van der Waals surface area contributed by atoms with Gasteiger partial charge in [-0.1, -0.05) is 97.0 Å². The Morgan fingerprint density at radius 1 is 0.764 bits per heavy atom. The molecule has 3 unspecified atom stereocenters. The van der Waals surface area contributed by atoms with Crippen molar-refractivity contribution in [1.82, 2.24) is 4.90 Å². The molecule has 0 saturated carbocycles. The number of alkyl halides is 3. The van der Waals surface area contributed by atoms with E-state index in [1.54, 1.807) is 19.1 Å². The van der Waals surface area contributed by atoms with Gasteiger partial charge < -0.3 is 19.2 Å². The van der Waals surface area contributed by atoms with E-state index in [-0.39, 0.29) is 62.0 Å². The number of unbranched alkanes of at least 4 members (excludes halogenated alkanes) is 13. The van der Waals surface area contributed by atoms with Crippen molar-refractivity contribution in [3.8, 4) is 0 Å². The van der Waals surface area contributed by atoms with E-state index in [9.17, 15) is 27.6 Å². The van der Waals surface area contributed by atoms with Crippen molar-refractivity contribution >= 4 is 18.2 Å². The van der Waals surface area contributed by atoms with Crippen molar-refractivity contribution in [1.29, 1.82) is 0 Å². The Kier molecular flexibility index (Phi) is 41.4. The molecule has 3 atom stereocenters. The van der Waals surface area contributed by atoms with E-state index >= 15 is 0 Å². The Labute approximate surface area is 359 Å². The van der Waals surface area contributed by atoms with Gasteiger partial charge in [-0.05, 0) is 91.1 Å². The number of esters is 2. The molecule has 0 aromatic heterocycles. The number of halogens is 3.